The van der Waals surface area contributed by atoms with E-state index in [9.17, 15) is 9.59 Å². The third kappa shape index (κ3) is 2.85. The van der Waals surface area contributed by atoms with Gasteiger partial charge in [0, 0.05) is 6.92 Å². The molecule has 1 aliphatic rings. The van der Waals surface area contributed by atoms with E-state index in [4.69, 9.17) is 9.47 Å². The molecule has 6 nitrogen and oxygen atoms in total. The zero-order valence-corrected chi connectivity index (χ0v) is 11.3. The number of carbonyl (C=O) groups excluding carboxylic acids is 2. The first kappa shape index (κ1) is 13.8. The molecule has 0 aromatic heterocycles. The van der Waals surface area contributed by atoms with E-state index in [1.807, 2.05) is 0 Å². The predicted molar refractivity (Wildman–Crippen MR) is 71.5 cm³/mol. The van der Waals surface area contributed by atoms with E-state index >= 15 is 0 Å². The van der Waals surface area contributed by atoms with E-state index in [0.717, 1.165) is 0 Å². The average Bonchev–Trinajstić information content (AvgIpc) is 2.71. The Kier molecular flexibility index (Phi) is 3.84. The largest absolute Gasteiger partial charge is 0.493 e. The number of benzene rings is 1. The van der Waals surface area contributed by atoms with Crippen molar-refractivity contribution in [2.45, 2.75) is 13.8 Å². The van der Waals surface area contributed by atoms with Crippen molar-refractivity contribution in [1.29, 1.82) is 0 Å². The van der Waals surface area contributed by atoms with Gasteiger partial charge in [-0.25, -0.2) is 4.79 Å². The van der Waals surface area contributed by atoms with Gasteiger partial charge in [0.15, 0.2) is 11.5 Å². The van der Waals surface area contributed by atoms with Crippen molar-refractivity contribution in [1.82, 2.24) is 0 Å². The van der Waals surface area contributed by atoms with Gasteiger partial charge in [-0.1, -0.05) is 11.2 Å². The number of methoxy groups -OCH3 is 1. The molecule has 1 aliphatic heterocycles. The third-order valence-electron chi connectivity index (χ3n) is 2.63. The Hall–Kier alpha value is -2.63. The van der Waals surface area contributed by atoms with Crippen LogP contribution in [-0.4, -0.2) is 24.8 Å². The van der Waals surface area contributed by atoms with Crippen molar-refractivity contribution in [3.8, 4) is 11.5 Å². The number of nitrogens with zero attached hydrogens (tertiary/aromatic N) is 1. The quantitative estimate of drug-likeness (QED) is 0.365. The fourth-order valence-corrected chi connectivity index (χ4v) is 1.70. The molecule has 0 bridgehead atoms. The van der Waals surface area contributed by atoms with Gasteiger partial charge >= 0.3 is 11.9 Å². The van der Waals surface area contributed by atoms with Crippen LogP contribution in [0.4, 0.5) is 0 Å². The minimum atomic E-state index is -0.495. The normalized spacial score (nSPS) is 15.8. The Labute approximate surface area is 115 Å². The minimum absolute atomic E-state index is 0.321. The zero-order valence-electron chi connectivity index (χ0n) is 11.3. The molecule has 1 heterocycles. The highest BCUT2D eigenvalue weighted by Gasteiger charge is 2.21. The molecule has 0 fully saturated rings. The number of oxime groups is 1. The maximum atomic E-state index is 11.5. The molecular weight excluding hydrogens is 262 g/mol. The first-order valence-electron chi connectivity index (χ1n) is 5.85. The number of esters is 1. The van der Waals surface area contributed by atoms with Gasteiger partial charge in [-0.05, 0) is 30.7 Å². The molecular formula is C14H13NO5. The molecule has 0 unspecified atom stereocenters. The number of carbonyl (C=O) groups is 2. The van der Waals surface area contributed by atoms with Gasteiger partial charge in [-0.3, -0.25) is 4.79 Å². The molecule has 0 amide bonds. The molecule has 0 aliphatic carbocycles. The standard InChI is InChI=1S/C14H13NO5/c1-8-11(14(17)20-15-8)6-10-4-5-12(19-9(2)16)13(7-10)18-3/h4-7H,1-3H3/b11-6-. The van der Waals surface area contributed by atoms with Crippen LogP contribution in [0.3, 0.4) is 0 Å². The minimum Gasteiger partial charge on any atom is -0.493 e. The first-order valence-corrected chi connectivity index (χ1v) is 5.85. The molecule has 0 atom stereocenters. The second-order valence-corrected chi connectivity index (χ2v) is 4.12. The van der Waals surface area contributed by atoms with Crippen LogP contribution in [-0.2, 0) is 14.4 Å². The third-order valence-corrected chi connectivity index (χ3v) is 2.63. The summed E-state index contributed by atoms with van der Waals surface area (Å²) < 4.78 is 10.2. The Morgan fingerprint density at radius 3 is 2.65 bits per heavy atom. The lowest BCUT2D eigenvalue weighted by molar-refractivity contribution is -0.136. The van der Waals surface area contributed by atoms with Gasteiger partial charge in [0.2, 0.25) is 0 Å². The van der Waals surface area contributed by atoms with E-state index in [-0.39, 0.29) is 0 Å². The lowest BCUT2D eigenvalue weighted by atomic mass is 10.1. The van der Waals surface area contributed by atoms with Gasteiger partial charge in [-0.15, -0.1) is 0 Å². The summed E-state index contributed by atoms with van der Waals surface area (Å²) in [5.74, 6) is -0.209. The van der Waals surface area contributed by atoms with E-state index in [1.54, 1.807) is 31.2 Å². The molecule has 0 saturated carbocycles. The van der Waals surface area contributed by atoms with Gasteiger partial charge in [0.05, 0.1) is 18.4 Å². The van der Waals surface area contributed by atoms with Gasteiger partial charge in [-0.2, -0.15) is 0 Å². The van der Waals surface area contributed by atoms with Crippen LogP contribution >= 0.6 is 0 Å². The Bertz CT molecular complexity index is 630. The summed E-state index contributed by atoms with van der Waals surface area (Å²) in [4.78, 5) is 27.0. The highest BCUT2D eigenvalue weighted by atomic mass is 16.7. The molecule has 0 N–H and O–H groups in total. The molecule has 20 heavy (non-hydrogen) atoms. The van der Waals surface area contributed by atoms with Crippen molar-refractivity contribution in [2.24, 2.45) is 5.16 Å². The lowest BCUT2D eigenvalue weighted by Gasteiger charge is -2.08. The monoisotopic (exact) mass is 275 g/mol. The average molecular weight is 275 g/mol. The highest BCUT2D eigenvalue weighted by Crippen LogP contribution is 2.29. The summed E-state index contributed by atoms with van der Waals surface area (Å²) in [5.41, 5.74) is 1.60. The second kappa shape index (κ2) is 5.56. The summed E-state index contributed by atoms with van der Waals surface area (Å²) in [5, 5.41) is 3.59. The summed E-state index contributed by atoms with van der Waals surface area (Å²) >= 11 is 0. The van der Waals surface area contributed by atoms with Crippen LogP contribution < -0.4 is 9.47 Å². The zero-order chi connectivity index (χ0) is 14.7. The van der Waals surface area contributed by atoms with Crippen LogP contribution in [0.15, 0.2) is 28.9 Å². The van der Waals surface area contributed by atoms with E-state index in [2.05, 4.69) is 9.99 Å². The van der Waals surface area contributed by atoms with Crippen molar-refractivity contribution in [3.63, 3.8) is 0 Å². The fourth-order valence-electron chi connectivity index (χ4n) is 1.70. The van der Waals surface area contributed by atoms with Gasteiger partial charge in [0.1, 0.15) is 0 Å². The van der Waals surface area contributed by atoms with Crippen molar-refractivity contribution in [2.75, 3.05) is 7.11 Å². The van der Waals surface area contributed by atoms with Crippen molar-refractivity contribution in [3.05, 3.63) is 29.3 Å². The fraction of sp³-hybridized carbons (Fsp3) is 0.214. The molecule has 104 valence electrons. The maximum absolute atomic E-state index is 11.5. The smallest absolute Gasteiger partial charge is 0.367 e. The van der Waals surface area contributed by atoms with Gasteiger partial charge < -0.3 is 14.3 Å². The molecule has 2 rings (SSSR count). The highest BCUT2D eigenvalue weighted by molar-refractivity contribution is 6.24. The molecule has 0 radical (unpaired) electrons. The van der Waals surface area contributed by atoms with E-state index < -0.39 is 11.9 Å². The second-order valence-electron chi connectivity index (χ2n) is 4.12. The van der Waals surface area contributed by atoms with Crippen LogP contribution in [0.5, 0.6) is 11.5 Å². The Morgan fingerprint density at radius 1 is 1.35 bits per heavy atom. The van der Waals surface area contributed by atoms with Crippen molar-refractivity contribution < 1.29 is 23.9 Å². The van der Waals surface area contributed by atoms with E-state index in [1.165, 1.54) is 14.0 Å². The van der Waals surface area contributed by atoms with Crippen LogP contribution in [0.1, 0.15) is 19.4 Å². The summed E-state index contributed by atoms with van der Waals surface area (Å²) in [6.45, 7) is 2.99. The lowest BCUT2D eigenvalue weighted by Crippen LogP contribution is -2.04. The maximum Gasteiger partial charge on any atom is 0.367 e. The SMILES string of the molecule is COc1cc(/C=C2\C(=O)ON=C2C)ccc1OC(C)=O. The molecule has 0 saturated heterocycles. The van der Waals surface area contributed by atoms with Crippen LogP contribution in [0.25, 0.3) is 6.08 Å². The molecule has 1 aromatic rings. The van der Waals surface area contributed by atoms with E-state index in [0.29, 0.717) is 28.3 Å². The topological polar surface area (TPSA) is 74.2 Å². The first-order chi connectivity index (χ1) is 9.51. The molecule has 6 heteroatoms. The summed E-state index contributed by atoms with van der Waals surface area (Å²) in [7, 11) is 1.47. The molecule has 0 spiro atoms. The number of hydrogen-bond donors (Lipinski definition) is 0. The predicted octanol–water partition coefficient (Wildman–Crippen LogP) is 1.94. The summed E-state index contributed by atoms with van der Waals surface area (Å²) in [6, 6.07) is 4.95. The van der Waals surface area contributed by atoms with Crippen LogP contribution in [0.2, 0.25) is 0 Å². The summed E-state index contributed by atoms with van der Waals surface area (Å²) in [6.07, 6.45) is 1.63. The number of hydrogen-bond acceptors (Lipinski definition) is 6. The van der Waals surface area contributed by atoms with Crippen molar-refractivity contribution >= 4 is 23.7 Å². The molecule has 1 aromatic carbocycles. The van der Waals surface area contributed by atoms with Crippen LogP contribution in [0, 0.1) is 0 Å². The number of rotatable bonds is 3. The number of ether oxygens (including phenoxy) is 2. The van der Waals surface area contributed by atoms with Gasteiger partial charge in [0.25, 0.3) is 0 Å². The Morgan fingerprint density at radius 2 is 2.10 bits per heavy atom. The Balaban J connectivity index is 2.35.